The van der Waals surface area contributed by atoms with Gasteiger partial charge in [-0.2, -0.15) is 0 Å². The maximum absolute atomic E-state index is 13.8. The lowest BCUT2D eigenvalue weighted by Gasteiger charge is -2.24. The Hall–Kier alpha value is -3.58. The number of methoxy groups -OCH3 is 2. The van der Waals surface area contributed by atoms with Gasteiger partial charge in [-0.3, -0.25) is 4.79 Å². The van der Waals surface area contributed by atoms with Gasteiger partial charge >= 0.3 is 5.97 Å². The van der Waals surface area contributed by atoms with Crippen molar-refractivity contribution in [3.63, 3.8) is 0 Å². The van der Waals surface area contributed by atoms with Crippen molar-refractivity contribution in [1.29, 1.82) is 0 Å². The fourth-order valence-corrected chi connectivity index (χ4v) is 6.95. The Morgan fingerprint density at radius 3 is 2.59 bits per heavy atom. The molecule has 3 aromatic rings. The summed E-state index contributed by atoms with van der Waals surface area (Å²) in [5, 5.41) is 13.7. The van der Waals surface area contributed by atoms with Crippen molar-refractivity contribution >= 4 is 28.9 Å². The molecular formula is C34H40N2O5. The number of aliphatic hydroxyl groups is 1. The highest BCUT2D eigenvalue weighted by atomic mass is 16.5. The zero-order valence-corrected chi connectivity index (χ0v) is 24.1. The molecule has 216 valence electrons. The number of aromatic nitrogens is 1. The van der Waals surface area contributed by atoms with E-state index >= 15 is 0 Å². The standard InChI is InChI=1S/C34H40N2O5/c1-40-26-10-12-27-24(18-26)17-25(32(38)35-21-34(14-15-34)13-6-16-37)20-36-29-19-23(33(39)41-2)9-11-28(29)30(31(27)36)22-7-4-3-5-8-22/h9-12,17-19,22,37H,3-8,13-16,20-21H2,1-2H3,(H,35,38). The van der Waals surface area contributed by atoms with Gasteiger partial charge in [0.25, 0.3) is 0 Å². The molecule has 2 aliphatic carbocycles. The van der Waals surface area contributed by atoms with Crippen molar-refractivity contribution in [1.82, 2.24) is 9.88 Å². The SMILES string of the molecule is COC(=O)c1ccc2c(C3CCCCC3)c3n(c2c1)CC(C(=O)NCC1(CCCO)CC1)=Cc1cc(OC)ccc1-3. The van der Waals surface area contributed by atoms with E-state index in [0.29, 0.717) is 30.1 Å². The van der Waals surface area contributed by atoms with Crippen molar-refractivity contribution in [2.75, 3.05) is 27.4 Å². The topological polar surface area (TPSA) is 89.8 Å². The summed E-state index contributed by atoms with van der Waals surface area (Å²) in [6.07, 6.45) is 11.8. The van der Waals surface area contributed by atoms with Crippen molar-refractivity contribution in [2.24, 2.45) is 5.41 Å². The Labute approximate surface area is 241 Å². The summed E-state index contributed by atoms with van der Waals surface area (Å²) < 4.78 is 12.9. The number of hydrogen-bond donors (Lipinski definition) is 2. The lowest BCUT2D eigenvalue weighted by molar-refractivity contribution is -0.117. The van der Waals surface area contributed by atoms with Gasteiger partial charge in [0, 0.05) is 35.2 Å². The van der Waals surface area contributed by atoms with Gasteiger partial charge in [-0.15, -0.1) is 0 Å². The molecule has 2 heterocycles. The van der Waals surface area contributed by atoms with Crippen LogP contribution in [0.5, 0.6) is 5.75 Å². The van der Waals surface area contributed by atoms with Crippen LogP contribution in [-0.2, 0) is 16.1 Å². The average Bonchev–Trinajstić information content (AvgIpc) is 3.75. The summed E-state index contributed by atoms with van der Waals surface area (Å²) in [7, 11) is 3.07. The molecule has 2 aromatic carbocycles. The number of ether oxygens (including phenoxy) is 2. The van der Waals surface area contributed by atoms with Crippen LogP contribution in [0, 0.1) is 5.41 Å². The molecule has 7 heteroatoms. The van der Waals surface area contributed by atoms with Gasteiger partial charge in [-0.25, -0.2) is 4.79 Å². The molecule has 2 N–H and O–H groups in total. The second kappa shape index (κ2) is 11.4. The Morgan fingerprint density at radius 2 is 1.88 bits per heavy atom. The number of rotatable bonds is 9. The highest BCUT2D eigenvalue weighted by molar-refractivity contribution is 6.03. The van der Waals surface area contributed by atoms with E-state index in [2.05, 4.69) is 22.0 Å². The van der Waals surface area contributed by atoms with Gasteiger partial charge in [0.1, 0.15) is 5.75 Å². The van der Waals surface area contributed by atoms with Crippen molar-refractivity contribution in [3.8, 4) is 17.0 Å². The van der Waals surface area contributed by atoms with Gasteiger partial charge in [-0.05, 0) is 97.4 Å². The normalized spacial score (nSPS) is 17.7. The molecule has 2 saturated carbocycles. The third kappa shape index (κ3) is 5.28. The molecule has 0 unspecified atom stereocenters. The van der Waals surface area contributed by atoms with E-state index < -0.39 is 0 Å². The maximum Gasteiger partial charge on any atom is 0.337 e. The van der Waals surface area contributed by atoms with Gasteiger partial charge in [0.15, 0.2) is 0 Å². The molecule has 2 fully saturated rings. The van der Waals surface area contributed by atoms with Gasteiger partial charge in [-0.1, -0.05) is 25.3 Å². The van der Waals surface area contributed by atoms with Crippen molar-refractivity contribution in [2.45, 2.75) is 70.3 Å². The fourth-order valence-electron chi connectivity index (χ4n) is 6.95. The van der Waals surface area contributed by atoms with Crippen molar-refractivity contribution in [3.05, 3.63) is 58.7 Å². The summed E-state index contributed by atoms with van der Waals surface area (Å²) in [5.74, 6) is 0.717. The lowest BCUT2D eigenvalue weighted by atomic mass is 9.81. The van der Waals surface area contributed by atoms with E-state index in [9.17, 15) is 14.7 Å². The molecule has 0 spiro atoms. The minimum absolute atomic E-state index is 0.0768. The van der Waals surface area contributed by atoms with Crippen LogP contribution in [0.15, 0.2) is 42.0 Å². The Bertz CT molecular complexity index is 1510. The fraction of sp³-hybridized carbons (Fsp3) is 0.471. The van der Waals surface area contributed by atoms with Crippen molar-refractivity contribution < 1.29 is 24.2 Å². The summed E-state index contributed by atoms with van der Waals surface area (Å²) in [6.45, 7) is 1.20. The van der Waals surface area contributed by atoms with Crippen LogP contribution in [0.1, 0.15) is 85.2 Å². The summed E-state index contributed by atoms with van der Waals surface area (Å²) in [4.78, 5) is 26.4. The molecule has 1 aromatic heterocycles. The smallest absolute Gasteiger partial charge is 0.337 e. The number of amides is 1. The minimum atomic E-state index is -0.369. The lowest BCUT2D eigenvalue weighted by Crippen LogP contribution is -2.32. The first-order chi connectivity index (χ1) is 20.0. The third-order valence-electron chi connectivity index (χ3n) is 9.45. The molecule has 0 bridgehead atoms. The molecule has 41 heavy (non-hydrogen) atoms. The number of fused-ring (bicyclic) bond motifs is 5. The number of nitrogens with zero attached hydrogens (tertiary/aromatic N) is 1. The Kier molecular flexibility index (Phi) is 7.64. The molecule has 3 aliphatic rings. The van der Waals surface area contributed by atoms with E-state index in [1.807, 2.05) is 30.3 Å². The molecule has 1 aliphatic heterocycles. The predicted molar refractivity (Wildman–Crippen MR) is 160 cm³/mol. The van der Waals surface area contributed by atoms with Crippen LogP contribution >= 0.6 is 0 Å². The summed E-state index contributed by atoms with van der Waals surface area (Å²) >= 11 is 0. The average molecular weight is 557 g/mol. The van der Waals surface area contributed by atoms with Gasteiger partial charge < -0.3 is 24.5 Å². The van der Waals surface area contributed by atoms with E-state index in [-0.39, 0.29) is 23.9 Å². The van der Waals surface area contributed by atoms with Crippen LogP contribution in [0.25, 0.3) is 28.2 Å². The quantitative estimate of drug-likeness (QED) is 0.306. The van der Waals surface area contributed by atoms with Crippen LogP contribution in [0.4, 0.5) is 0 Å². The van der Waals surface area contributed by atoms with Crippen LogP contribution in [0.2, 0.25) is 0 Å². The number of carbonyl (C=O) groups excluding carboxylic acids is 2. The maximum atomic E-state index is 13.8. The molecule has 0 radical (unpaired) electrons. The van der Waals surface area contributed by atoms with E-state index in [4.69, 9.17) is 9.47 Å². The van der Waals surface area contributed by atoms with Gasteiger partial charge in [0.2, 0.25) is 5.91 Å². The highest BCUT2D eigenvalue weighted by Gasteiger charge is 2.42. The van der Waals surface area contributed by atoms with E-state index in [0.717, 1.165) is 72.0 Å². The molecule has 7 nitrogen and oxygen atoms in total. The number of carbonyl (C=O) groups is 2. The number of benzene rings is 2. The monoisotopic (exact) mass is 556 g/mol. The molecule has 0 saturated heterocycles. The van der Waals surface area contributed by atoms with E-state index in [1.165, 1.54) is 31.9 Å². The summed E-state index contributed by atoms with van der Waals surface area (Å²) in [6, 6.07) is 12.0. The highest BCUT2D eigenvalue weighted by Crippen LogP contribution is 2.49. The van der Waals surface area contributed by atoms with Crippen LogP contribution in [0.3, 0.4) is 0 Å². The first-order valence-corrected chi connectivity index (χ1v) is 15.0. The predicted octanol–water partition coefficient (Wildman–Crippen LogP) is 6.22. The number of esters is 1. The minimum Gasteiger partial charge on any atom is -0.497 e. The largest absolute Gasteiger partial charge is 0.497 e. The Balaban J connectivity index is 1.48. The molecule has 6 rings (SSSR count). The zero-order chi connectivity index (χ0) is 28.6. The third-order valence-corrected chi connectivity index (χ3v) is 9.45. The summed E-state index contributed by atoms with van der Waals surface area (Å²) in [5.41, 5.74) is 6.73. The first-order valence-electron chi connectivity index (χ1n) is 15.0. The zero-order valence-electron chi connectivity index (χ0n) is 24.1. The van der Waals surface area contributed by atoms with Gasteiger partial charge in [0.05, 0.1) is 32.0 Å². The van der Waals surface area contributed by atoms with Crippen LogP contribution in [-0.4, -0.2) is 48.9 Å². The number of hydrogen-bond acceptors (Lipinski definition) is 5. The van der Waals surface area contributed by atoms with E-state index in [1.54, 1.807) is 7.11 Å². The molecular weight excluding hydrogens is 516 g/mol. The second-order valence-electron chi connectivity index (χ2n) is 12.0. The molecule has 0 atom stereocenters. The first kappa shape index (κ1) is 27.6. The Morgan fingerprint density at radius 1 is 1.07 bits per heavy atom. The van der Waals surface area contributed by atoms with Crippen LogP contribution < -0.4 is 10.1 Å². The molecule has 1 amide bonds. The second-order valence-corrected chi connectivity index (χ2v) is 12.0. The number of nitrogens with one attached hydrogen (secondary N) is 1. The number of aliphatic hydroxyl groups excluding tert-OH is 1.